The number of aromatic amines is 1. The van der Waals surface area contributed by atoms with Crippen LogP contribution >= 0.6 is 0 Å². The summed E-state index contributed by atoms with van der Waals surface area (Å²) in [6, 6.07) is 9.42. The smallest absolute Gasteiger partial charge is 0.277 e. The summed E-state index contributed by atoms with van der Waals surface area (Å²) in [4.78, 5) is 12.6. The first-order valence-corrected chi connectivity index (χ1v) is 9.84. The normalized spacial score (nSPS) is 11.4. The number of carbonyl (C=O) groups is 1. The summed E-state index contributed by atoms with van der Waals surface area (Å²) in [5.74, 6) is 1.71. The first-order chi connectivity index (χ1) is 14.2. The minimum atomic E-state index is -0.281. The Balaban J connectivity index is 1.64. The highest BCUT2D eigenvalue weighted by atomic mass is 16.5. The van der Waals surface area contributed by atoms with Gasteiger partial charge in [0.25, 0.3) is 5.91 Å². The standard InChI is InChI=1S/C22H29N5O3/c1-14-9-19(26-27(14)22(2,3)4)21(28)23-20-12-16(24-25-20)8-7-15-10-17(29-5)13-18(11-15)30-6/h9-13H,7-8H2,1-6H3,(H2,23,24,25,28). The summed E-state index contributed by atoms with van der Waals surface area (Å²) < 4.78 is 12.5. The molecule has 2 N–H and O–H groups in total. The Morgan fingerprint density at radius 2 is 1.73 bits per heavy atom. The number of rotatable bonds is 7. The number of aryl methyl sites for hydroxylation is 3. The van der Waals surface area contributed by atoms with E-state index in [1.54, 1.807) is 20.3 Å². The van der Waals surface area contributed by atoms with Crippen molar-refractivity contribution in [3.05, 3.63) is 53.0 Å². The van der Waals surface area contributed by atoms with Crippen LogP contribution in [0.1, 0.15) is 48.2 Å². The number of H-pyrrole nitrogens is 1. The van der Waals surface area contributed by atoms with Gasteiger partial charge in [-0.05, 0) is 64.3 Å². The maximum absolute atomic E-state index is 12.6. The monoisotopic (exact) mass is 411 g/mol. The van der Waals surface area contributed by atoms with Crippen molar-refractivity contribution in [2.75, 3.05) is 19.5 Å². The van der Waals surface area contributed by atoms with Crippen LogP contribution < -0.4 is 14.8 Å². The molecule has 1 amide bonds. The van der Waals surface area contributed by atoms with Crippen molar-refractivity contribution >= 4 is 11.7 Å². The van der Waals surface area contributed by atoms with Gasteiger partial charge in [-0.25, -0.2) is 0 Å². The molecule has 0 saturated carbocycles. The Labute approximate surface area is 176 Å². The van der Waals surface area contributed by atoms with E-state index in [4.69, 9.17) is 9.47 Å². The lowest BCUT2D eigenvalue weighted by Crippen LogP contribution is -2.25. The molecule has 0 aliphatic heterocycles. The summed E-state index contributed by atoms with van der Waals surface area (Å²) in [6.45, 7) is 8.08. The Bertz CT molecular complexity index is 1010. The molecule has 2 heterocycles. The number of benzene rings is 1. The molecule has 0 aliphatic rings. The quantitative estimate of drug-likeness (QED) is 0.618. The Kier molecular flexibility index (Phi) is 6.14. The molecule has 0 unspecified atom stereocenters. The predicted octanol–water partition coefficient (Wildman–Crippen LogP) is 3.72. The topological polar surface area (TPSA) is 94.1 Å². The highest BCUT2D eigenvalue weighted by molar-refractivity contribution is 6.02. The molecular weight excluding hydrogens is 382 g/mol. The molecule has 30 heavy (non-hydrogen) atoms. The number of nitrogens with one attached hydrogen (secondary N) is 2. The van der Waals surface area contributed by atoms with Crippen molar-refractivity contribution in [2.24, 2.45) is 0 Å². The minimum absolute atomic E-state index is 0.190. The second-order valence-corrected chi connectivity index (χ2v) is 8.21. The summed E-state index contributed by atoms with van der Waals surface area (Å²) in [5, 5.41) is 14.4. The van der Waals surface area contributed by atoms with Crippen molar-refractivity contribution in [3.8, 4) is 11.5 Å². The first-order valence-electron chi connectivity index (χ1n) is 9.84. The molecule has 160 valence electrons. The van der Waals surface area contributed by atoms with Gasteiger partial charge in [0.2, 0.25) is 0 Å². The number of carbonyl (C=O) groups excluding carboxylic acids is 1. The second kappa shape index (κ2) is 8.61. The number of methoxy groups -OCH3 is 2. The maximum atomic E-state index is 12.6. The van der Waals surface area contributed by atoms with E-state index in [0.29, 0.717) is 11.5 Å². The molecule has 0 spiro atoms. The third kappa shape index (κ3) is 5.00. The lowest BCUT2D eigenvalue weighted by molar-refractivity contribution is 0.102. The number of ether oxygens (including phenoxy) is 2. The van der Waals surface area contributed by atoms with Gasteiger partial charge in [0, 0.05) is 23.5 Å². The minimum Gasteiger partial charge on any atom is -0.497 e. The summed E-state index contributed by atoms with van der Waals surface area (Å²) in [6.07, 6.45) is 1.51. The van der Waals surface area contributed by atoms with E-state index in [1.807, 2.05) is 56.6 Å². The summed E-state index contributed by atoms with van der Waals surface area (Å²) >= 11 is 0. The fourth-order valence-electron chi connectivity index (χ4n) is 3.29. The van der Waals surface area contributed by atoms with Crippen LogP contribution in [0.5, 0.6) is 11.5 Å². The van der Waals surface area contributed by atoms with Gasteiger partial charge in [0.15, 0.2) is 11.5 Å². The van der Waals surface area contributed by atoms with Gasteiger partial charge in [0.1, 0.15) is 11.5 Å². The van der Waals surface area contributed by atoms with E-state index in [0.717, 1.165) is 41.3 Å². The van der Waals surface area contributed by atoms with Crippen molar-refractivity contribution in [3.63, 3.8) is 0 Å². The van der Waals surface area contributed by atoms with E-state index in [1.165, 1.54) is 0 Å². The molecule has 0 fully saturated rings. The van der Waals surface area contributed by atoms with Crippen LogP contribution in [0.2, 0.25) is 0 Å². The van der Waals surface area contributed by atoms with E-state index in [9.17, 15) is 4.79 Å². The summed E-state index contributed by atoms with van der Waals surface area (Å²) in [5.41, 5.74) is 3.13. The van der Waals surface area contributed by atoms with Crippen LogP contribution in [0.15, 0.2) is 30.3 Å². The van der Waals surface area contributed by atoms with Gasteiger partial charge >= 0.3 is 0 Å². The predicted molar refractivity (Wildman–Crippen MR) is 115 cm³/mol. The molecule has 0 bridgehead atoms. The van der Waals surface area contributed by atoms with Crippen LogP contribution in [-0.2, 0) is 18.4 Å². The van der Waals surface area contributed by atoms with Gasteiger partial charge < -0.3 is 14.8 Å². The molecule has 8 heteroatoms. The zero-order valence-electron chi connectivity index (χ0n) is 18.4. The molecule has 3 rings (SSSR count). The highest BCUT2D eigenvalue weighted by Crippen LogP contribution is 2.23. The molecule has 8 nitrogen and oxygen atoms in total. The van der Waals surface area contributed by atoms with Crippen LogP contribution in [0, 0.1) is 6.92 Å². The van der Waals surface area contributed by atoms with Crippen LogP contribution in [0.3, 0.4) is 0 Å². The van der Waals surface area contributed by atoms with Crippen LogP contribution in [0.4, 0.5) is 5.82 Å². The largest absolute Gasteiger partial charge is 0.497 e. The molecule has 0 saturated heterocycles. The van der Waals surface area contributed by atoms with E-state index < -0.39 is 0 Å². The number of aromatic nitrogens is 4. The number of anilines is 1. The Morgan fingerprint density at radius 3 is 2.30 bits per heavy atom. The van der Waals surface area contributed by atoms with E-state index >= 15 is 0 Å². The lowest BCUT2D eigenvalue weighted by atomic mass is 10.1. The average molecular weight is 412 g/mol. The fraction of sp³-hybridized carbons (Fsp3) is 0.409. The van der Waals surface area contributed by atoms with Gasteiger partial charge in [-0.2, -0.15) is 10.2 Å². The average Bonchev–Trinajstić information content (AvgIpc) is 3.32. The summed E-state index contributed by atoms with van der Waals surface area (Å²) in [7, 11) is 3.27. The third-order valence-electron chi connectivity index (χ3n) is 4.72. The Hall–Kier alpha value is -3.29. The van der Waals surface area contributed by atoms with E-state index in [2.05, 4.69) is 20.6 Å². The lowest BCUT2D eigenvalue weighted by Gasteiger charge is -2.21. The van der Waals surface area contributed by atoms with Crippen LogP contribution in [0.25, 0.3) is 0 Å². The van der Waals surface area contributed by atoms with Gasteiger partial charge in [-0.15, -0.1) is 0 Å². The Morgan fingerprint density at radius 1 is 1.07 bits per heavy atom. The SMILES string of the molecule is COc1cc(CCc2cc(NC(=O)c3cc(C)n(C(C)(C)C)n3)n[nH]2)cc(OC)c1. The number of amides is 1. The molecule has 0 atom stereocenters. The number of hydrogen-bond acceptors (Lipinski definition) is 5. The fourth-order valence-corrected chi connectivity index (χ4v) is 3.29. The highest BCUT2D eigenvalue weighted by Gasteiger charge is 2.20. The van der Waals surface area contributed by atoms with Crippen molar-refractivity contribution < 1.29 is 14.3 Å². The molecular formula is C22H29N5O3. The molecule has 0 radical (unpaired) electrons. The molecule has 3 aromatic rings. The van der Waals surface area contributed by atoms with E-state index in [-0.39, 0.29) is 11.4 Å². The maximum Gasteiger partial charge on any atom is 0.277 e. The van der Waals surface area contributed by atoms with Crippen molar-refractivity contribution in [1.82, 2.24) is 20.0 Å². The van der Waals surface area contributed by atoms with Crippen LogP contribution in [-0.4, -0.2) is 40.1 Å². The van der Waals surface area contributed by atoms with Gasteiger partial charge in [0.05, 0.1) is 19.8 Å². The van der Waals surface area contributed by atoms with Gasteiger partial charge in [-0.3, -0.25) is 14.6 Å². The van der Waals surface area contributed by atoms with Crippen molar-refractivity contribution in [1.29, 1.82) is 0 Å². The second-order valence-electron chi connectivity index (χ2n) is 8.21. The van der Waals surface area contributed by atoms with Crippen molar-refractivity contribution in [2.45, 2.75) is 46.1 Å². The molecule has 2 aromatic heterocycles. The van der Waals surface area contributed by atoms with Gasteiger partial charge in [-0.1, -0.05) is 0 Å². The zero-order chi connectivity index (χ0) is 21.9. The zero-order valence-corrected chi connectivity index (χ0v) is 18.4. The number of nitrogens with zero attached hydrogens (tertiary/aromatic N) is 3. The molecule has 0 aliphatic carbocycles. The third-order valence-corrected chi connectivity index (χ3v) is 4.72. The number of hydrogen-bond donors (Lipinski definition) is 2. The first kappa shape index (κ1) is 21.4. The molecule has 1 aromatic carbocycles.